The van der Waals surface area contributed by atoms with Crippen molar-refractivity contribution in [2.24, 2.45) is 0 Å². The van der Waals surface area contributed by atoms with Crippen molar-refractivity contribution >= 4 is 28.6 Å². The first-order chi connectivity index (χ1) is 12.1. The second-order valence-corrected chi connectivity index (χ2v) is 5.88. The minimum absolute atomic E-state index is 0.0338. The lowest BCUT2D eigenvalue weighted by Crippen LogP contribution is -2.12. The number of benzene rings is 2. The number of nitrogens with zero attached hydrogens (tertiary/aromatic N) is 2. The quantitative estimate of drug-likeness (QED) is 0.552. The monoisotopic (exact) mass is 355 g/mol. The van der Waals surface area contributed by atoms with Gasteiger partial charge in [-0.05, 0) is 36.4 Å². The SMILES string of the molecule is COc1ccc(-c2nc(C(=O)Nc3ccc([N+](=O)[O-])cc3)cs2)cc1. The van der Waals surface area contributed by atoms with Gasteiger partial charge in [0.2, 0.25) is 0 Å². The Hall–Kier alpha value is -3.26. The molecule has 0 unspecified atom stereocenters. The number of hydrogen-bond donors (Lipinski definition) is 1. The molecule has 1 aromatic heterocycles. The molecule has 25 heavy (non-hydrogen) atoms. The van der Waals surface area contributed by atoms with Crippen LogP contribution < -0.4 is 10.1 Å². The summed E-state index contributed by atoms with van der Waals surface area (Å²) in [5.74, 6) is 0.376. The number of thiazole rings is 1. The number of carbonyl (C=O) groups is 1. The standard InChI is InChI=1S/C17H13N3O4S/c1-24-14-8-2-11(3-9-14)17-19-15(10-25-17)16(21)18-12-4-6-13(7-5-12)20(22)23/h2-10H,1H3,(H,18,21). The first-order valence-corrected chi connectivity index (χ1v) is 8.10. The van der Waals surface area contributed by atoms with E-state index in [-0.39, 0.29) is 17.3 Å². The molecule has 0 saturated heterocycles. The Bertz CT molecular complexity index is 904. The van der Waals surface area contributed by atoms with E-state index in [1.54, 1.807) is 12.5 Å². The Labute approximate surface area is 147 Å². The van der Waals surface area contributed by atoms with Crippen LogP contribution >= 0.6 is 11.3 Å². The van der Waals surface area contributed by atoms with Crippen LogP contribution in [0.1, 0.15) is 10.5 Å². The smallest absolute Gasteiger partial charge is 0.275 e. The fourth-order valence-electron chi connectivity index (χ4n) is 2.11. The average Bonchev–Trinajstić information content (AvgIpc) is 3.12. The van der Waals surface area contributed by atoms with Crippen molar-refractivity contribution in [3.05, 3.63) is 69.7 Å². The van der Waals surface area contributed by atoms with Crippen molar-refractivity contribution in [2.45, 2.75) is 0 Å². The lowest BCUT2D eigenvalue weighted by molar-refractivity contribution is -0.384. The number of nitro benzene ring substituents is 1. The van der Waals surface area contributed by atoms with Crippen molar-refractivity contribution in [2.75, 3.05) is 12.4 Å². The molecule has 0 bridgehead atoms. The second-order valence-electron chi connectivity index (χ2n) is 5.02. The van der Waals surface area contributed by atoms with Gasteiger partial charge in [0.1, 0.15) is 16.5 Å². The van der Waals surface area contributed by atoms with Crippen molar-refractivity contribution in [1.82, 2.24) is 4.98 Å². The number of ether oxygens (including phenoxy) is 1. The summed E-state index contributed by atoms with van der Waals surface area (Å²) in [5.41, 5.74) is 1.61. The highest BCUT2D eigenvalue weighted by atomic mass is 32.1. The fourth-order valence-corrected chi connectivity index (χ4v) is 2.91. The number of carbonyl (C=O) groups excluding carboxylic acids is 1. The second kappa shape index (κ2) is 7.10. The zero-order chi connectivity index (χ0) is 17.8. The van der Waals surface area contributed by atoms with Gasteiger partial charge in [0.25, 0.3) is 11.6 Å². The van der Waals surface area contributed by atoms with E-state index >= 15 is 0 Å². The molecular weight excluding hydrogens is 342 g/mol. The molecule has 0 aliphatic carbocycles. The summed E-state index contributed by atoms with van der Waals surface area (Å²) in [5, 5.41) is 15.7. The lowest BCUT2D eigenvalue weighted by Gasteiger charge is -2.02. The van der Waals surface area contributed by atoms with Gasteiger partial charge < -0.3 is 10.1 Å². The van der Waals surface area contributed by atoms with Crippen molar-refractivity contribution in [1.29, 1.82) is 0 Å². The van der Waals surface area contributed by atoms with Crippen LogP contribution in [-0.2, 0) is 0 Å². The molecule has 1 heterocycles. The Morgan fingerprint density at radius 2 is 1.84 bits per heavy atom. The number of rotatable bonds is 5. The molecule has 0 aliphatic rings. The summed E-state index contributed by atoms with van der Waals surface area (Å²) in [4.78, 5) is 26.7. The fraction of sp³-hybridized carbons (Fsp3) is 0.0588. The Balaban J connectivity index is 1.72. The topological polar surface area (TPSA) is 94.4 Å². The molecule has 0 spiro atoms. The highest BCUT2D eigenvalue weighted by molar-refractivity contribution is 7.13. The van der Waals surface area contributed by atoms with Crippen LogP contribution in [0.3, 0.4) is 0 Å². The number of amides is 1. The summed E-state index contributed by atoms with van der Waals surface area (Å²) in [7, 11) is 1.60. The van der Waals surface area contributed by atoms with Crippen LogP contribution in [0, 0.1) is 10.1 Å². The Morgan fingerprint density at radius 1 is 1.16 bits per heavy atom. The molecule has 3 rings (SSSR count). The van der Waals surface area contributed by atoms with Gasteiger partial charge in [-0.3, -0.25) is 14.9 Å². The molecule has 0 radical (unpaired) electrons. The molecule has 0 saturated carbocycles. The van der Waals surface area contributed by atoms with Crippen molar-refractivity contribution in [3.8, 4) is 16.3 Å². The van der Waals surface area contributed by atoms with Crippen molar-refractivity contribution in [3.63, 3.8) is 0 Å². The first kappa shape index (κ1) is 16.6. The van der Waals surface area contributed by atoms with Crippen LogP contribution in [0.25, 0.3) is 10.6 Å². The van der Waals surface area contributed by atoms with Gasteiger partial charge in [-0.2, -0.15) is 0 Å². The summed E-state index contributed by atoms with van der Waals surface area (Å²) in [6.45, 7) is 0. The largest absolute Gasteiger partial charge is 0.497 e. The minimum atomic E-state index is -0.493. The summed E-state index contributed by atoms with van der Waals surface area (Å²) < 4.78 is 5.11. The predicted molar refractivity (Wildman–Crippen MR) is 95.2 cm³/mol. The molecule has 0 atom stereocenters. The van der Waals surface area contributed by atoms with Crippen LogP contribution in [-0.4, -0.2) is 22.9 Å². The van der Waals surface area contributed by atoms with Crippen LogP contribution in [0.15, 0.2) is 53.9 Å². The van der Waals surface area contributed by atoms with Crippen LogP contribution in [0.5, 0.6) is 5.75 Å². The lowest BCUT2D eigenvalue weighted by atomic mass is 10.2. The van der Waals surface area contributed by atoms with E-state index < -0.39 is 4.92 Å². The van der Waals surface area contributed by atoms with Crippen LogP contribution in [0.4, 0.5) is 11.4 Å². The highest BCUT2D eigenvalue weighted by Crippen LogP contribution is 2.26. The summed E-state index contributed by atoms with van der Waals surface area (Å²) in [6, 6.07) is 13.0. The maximum atomic E-state index is 12.3. The zero-order valence-electron chi connectivity index (χ0n) is 13.1. The zero-order valence-corrected chi connectivity index (χ0v) is 13.9. The summed E-state index contributed by atoms with van der Waals surface area (Å²) >= 11 is 1.36. The van der Waals surface area contributed by atoms with Gasteiger partial charge in [0.15, 0.2) is 0 Å². The average molecular weight is 355 g/mol. The van der Waals surface area contributed by atoms with E-state index in [4.69, 9.17) is 4.74 Å². The third kappa shape index (κ3) is 3.81. The molecular formula is C17H13N3O4S. The molecule has 3 aromatic rings. The molecule has 0 fully saturated rings. The van der Waals surface area contributed by atoms with Gasteiger partial charge in [-0.25, -0.2) is 4.98 Å². The first-order valence-electron chi connectivity index (χ1n) is 7.22. The number of methoxy groups -OCH3 is 1. The number of nitro groups is 1. The van der Waals surface area contributed by atoms with Gasteiger partial charge in [0.05, 0.1) is 12.0 Å². The minimum Gasteiger partial charge on any atom is -0.497 e. The molecule has 7 nitrogen and oxygen atoms in total. The van der Waals surface area contributed by atoms with E-state index in [2.05, 4.69) is 10.3 Å². The Morgan fingerprint density at radius 3 is 2.44 bits per heavy atom. The van der Waals surface area contributed by atoms with Gasteiger partial charge in [-0.15, -0.1) is 11.3 Å². The van der Waals surface area contributed by atoms with Crippen LogP contribution in [0.2, 0.25) is 0 Å². The van der Waals surface area contributed by atoms with E-state index in [1.807, 2.05) is 24.3 Å². The highest BCUT2D eigenvalue weighted by Gasteiger charge is 2.13. The number of anilines is 1. The van der Waals surface area contributed by atoms with E-state index in [0.29, 0.717) is 5.69 Å². The number of non-ortho nitro benzene ring substituents is 1. The van der Waals surface area contributed by atoms with Gasteiger partial charge in [-0.1, -0.05) is 0 Å². The number of hydrogen-bond acceptors (Lipinski definition) is 6. The van der Waals surface area contributed by atoms with Gasteiger partial charge >= 0.3 is 0 Å². The van der Waals surface area contributed by atoms with E-state index in [1.165, 1.54) is 35.6 Å². The summed E-state index contributed by atoms with van der Waals surface area (Å²) in [6.07, 6.45) is 0. The maximum absolute atomic E-state index is 12.3. The van der Waals surface area contributed by atoms with Gasteiger partial charge in [0, 0.05) is 28.8 Å². The van der Waals surface area contributed by atoms with E-state index in [9.17, 15) is 14.9 Å². The molecule has 0 aliphatic heterocycles. The third-order valence-corrected chi connectivity index (χ3v) is 4.30. The molecule has 1 N–H and O–H groups in total. The molecule has 126 valence electrons. The maximum Gasteiger partial charge on any atom is 0.275 e. The number of aromatic nitrogens is 1. The predicted octanol–water partition coefficient (Wildman–Crippen LogP) is 3.98. The molecule has 2 aromatic carbocycles. The van der Waals surface area contributed by atoms with Crippen molar-refractivity contribution < 1.29 is 14.5 Å². The van der Waals surface area contributed by atoms with E-state index in [0.717, 1.165) is 16.3 Å². The normalized spacial score (nSPS) is 10.3. The molecule has 8 heteroatoms. The Kier molecular flexibility index (Phi) is 4.71. The third-order valence-electron chi connectivity index (χ3n) is 3.41. The molecule has 1 amide bonds. The number of nitrogens with one attached hydrogen (secondary N) is 1.